The minimum atomic E-state index is 0.0526. The van der Waals surface area contributed by atoms with E-state index in [2.05, 4.69) is 20.8 Å². The van der Waals surface area contributed by atoms with Crippen LogP contribution in [0.3, 0.4) is 0 Å². The minimum Gasteiger partial charge on any atom is -0.372 e. The van der Waals surface area contributed by atoms with Crippen molar-refractivity contribution in [1.82, 2.24) is 4.90 Å². The van der Waals surface area contributed by atoms with Gasteiger partial charge in [-0.3, -0.25) is 4.79 Å². The number of ether oxygens (including phenoxy) is 1. The number of hydrogen-bond acceptors (Lipinski definition) is 2. The lowest BCUT2D eigenvalue weighted by Gasteiger charge is -2.26. The molecule has 13 heavy (non-hydrogen) atoms. The van der Waals surface area contributed by atoms with E-state index in [0.29, 0.717) is 6.61 Å². The molecule has 1 amide bonds. The highest BCUT2D eigenvalue weighted by Gasteiger charge is 2.17. The highest BCUT2D eigenvalue weighted by Crippen LogP contribution is 2.13. The molecule has 0 heterocycles. The molecule has 0 spiro atoms. The van der Waals surface area contributed by atoms with E-state index >= 15 is 0 Å². The first kappa shape index (κ1) is 12.4. The van der Waals surface area contributed by atoms with Crippen LogP contribution < -0.4 is 0 Å². The molecule has 0 rings (SSSR count). The third-order valence-corrected chi connectivity index (χ3v) is 1.57. The van der Waals surface area contributed by atoms with Gasteiger partial charge in [0.25, 0.3) is 0 Å². The van der Waals surface area contributed by atoms with Crippen LogP contribution in [0, 0.1) is 5.41 Å². The van der Waals surface area contributed by atoms with E-state index in [9.17, 15) is 4.79 Å². The maximum Gasteiger partial charge on any atom is 0.248 e. The van der Waals surface area contributed by atoms with Gasteiger partial charge in [-0.1, -0.05) is 20.8 Å². The summed E-state index contributed by atoms with van der Waals surface area (Å²) in [6, 6.07) is 0. The van der Waals surface area contributed by atoms with Crippen molar-refractivity contribution in [3.05, 3.63) is 0 Å². The number of carbonyl (C=O) groups is 1. The van der Waals surface area contributed by atoms with Gasteiger partial charge in [-0.05, 0) is 12.3 Å². The average molecular weight is 187 g/mol. The predicted molar refractivity (Wildman–Crippen MR) is 53.6 cm³/mol. The summed E-state index contributed by atoms with van der Waals surface area (Å²) in [5.74, 6) is 0.0526. The lowest BCUT2D eigenvalue weighted by molar-refractivity contribution is -0.135. The van der Waals surface area contributed by atoms with E-state index in [4.69, 9.17) is 4.74 Å². The molecule has 0 aliphatic rings. The Morgan fingerprint density at radius 1 is 1.38 bits per heavy atom. The molecule has 0 fully saturated rings. The van der Waals surface area contributed by atoms with Crippen LogP contribution in [0.5, 0.6) is 0 Å². The van der Waals surface area contributed by atoms with Gasteiger partial charge in [0.05, 0.1) is 0 Å². The van der Waals surface area contributed by atoms with Crippen LogP contribution in [-0.4, -0.2) is 37.6 Å². The maximum atomic E-state index is 11.4. The van der Waals surface area contributed by atoms with Crippen LogP contribution >= 0.6 is 0 Å². The fraction of sp³-hybridized carbons (Fsp3) is 0.900. The number of nitrogens with zero attached hydrogens (tertiary/aromatic N) is 1. The molecule has 0 saturated carbocycles. The summed E-state index contributed by atoms with van der Waals surface area (Å²) in [7, 11) is 1.81. The normalized spacial score (nSPS) is 11.5. The molecule has 3 heteroatoms. The van der Waals surface area contributed by atoms with E-state index in [-0.39, 0.29) is 17.9 Å². The lowest BCUT2D eigenvalue weighted by Crippen LogP contribution is -2.36. The van der Waals surface area contributed by atoms with Gasteiger partial charge in [0.15, 0.2) is 0 Å². The first-order chi connectivity index (χ1) is 5.87. The zero-order valence-corrected chi connectivity index (χ0v) is 9.39. The average Bonchev–Trinajstić information content (AvgIpc) is 1.96. The second kappa shape index (κ2) is 5.22. The molecule has 0 aromatic heterocycles. The van der Waals surface area contributed by atoms with Gasteiger partial charge >= 0.3 is 0 Å². The van der Waals surface area contributed by atoms with Gasteiger partial charge < -0.3 is 9.64 Å². The Morgan fingerprint density at radius 2 is 1.92 bits per heavy atom. The Morgan fingerprint density at radius 3 is 2.31 bits per heavy atom. The molecule has 0 aliphatic heterocycles. The summed E-state index contributed by atoms with van der Waals surface area (Å²) < 4.78 is 5.04. The second-order valence-electron chi connectivity index (χ2n) is 4.45. The third kappa shape index (κ3) is 6.58. The van der Waals surface area contributed by atoms with Gasteiger partial charge in [-0.25, -0.2) is 0 Å². The quantitative estimate of drug-likeness (QED) is 0.668. The Bertz CT molecular complexity index is 161. The summed E-state index contributed by atoms with van der Waals surface area (Å²) in [4.78, 5) is 13.1. The standard InChI is InChI=1S/C10H21NO2/c1-6-13-7-9(12)11(5)8-10(2,3)4/h6-8H2,1-5H3. The molecule has 0 unspecified atom stereocenters. The van der Waals surface area contributed by atoms with Crippen LogP contribution in [0.15, 0.2) is 0 Å². The van der Waals surface area contributed by atoms with Gasteiger partial charge in [0, 0.05) is 20.2 Å². The van der Waals surface area contributed by atoms with Crippen molar-refractivity contribution < 1.29 is 9.53 Å². The molecule has 0 aliphatic carbocycles. The molecule has 0 atom stereocenters. The Kier molecular flexibility index (Phi) is 4.99. The first-order valence-electron chi connectivity index (χ1n) is 4.68. The molecule has 3 nitrogen and oxygen atoms in total. The van der Waals surface area contributed by atoms with Crippen molar-refractivity contribution in [3.8, 4) is 0 Å². The molecular formula is C10H21NO2. The second-order valence-corrected chi connectivity index (χ2v) is 4.45. The smallest absolute Gasteiger partial charge is 0.248 e. The number of amides is 1. The zero-order chi connectivity index (χ0) is 10.5. The molecule has 0 saturated heterocycles. The third-order valence-electron chi connectivity index (χ3n) is 1.57. The Balaban J connectivity index is 3.83. The fourth-order valence-corrected chi connectivity index (χ4v) is 1.10. The summed E-state index contributed by atoms with van der Waals surface area (Å²) in [5, 5.41) is 0. The summed E-state index contributed by atoms with van der Waals surface area (Å²) >= 11 is 0. The minimum absolute atomic E-state index is 0.0526. The fourth-order valence-electron chi connectivity index (χ4n) is 1.10. The number of likely N-dealkylation sites (N-methyl/N-ethyl adjacent to an activating group) is 1. The summed E-state index contributed by atoms with van der Waals surface area (Å²) in [6.07, 6.45) is 0. The molecule has 0 radical (unpaired) electrons. The van der Waals surface area contributed by atoms with Gasteiger partial charge in [0.2, 0.25) is 5.91 Å². The van der Waals surface area contributed by atoms with Gasteiger partial charge in [-0.15, -0.1) is 0 Å². The Hall–Kier alpha value is -0.570. The molecule has 0 bridgehead atoms. The lowest BCUT2D eigenvalue weighted by atomic mass is 9.96. The monoisotopic (exact) mass is 187 g/mol. The van der Waals surface area contributed by atoms with Crippen molar-refractivity contribution in [1.29, 1.82) is 0 Å². The van der Waals surface area contributed by atoms with Crippen LogP contribution in [0.25, 0.3) is 0 Å². The van der Waals surface area contributed by atoms with Crippen molar-refractivity contribution in [2.24, 2.45) is 5.41 Å². The maximum absolute atomic E-state index is 11.4. The van der Waals surface area contributed by atoms with Crippen molar-refractivity contribution in [2.45, 2.75) is 27.7 Å². The van der Waals surface area contributed by atoms with Crippen LogP contribution in [0.4, 0.5) is 0 Å². The SMILES string of the molecule is CCOCC(=O)N(C)CC(C)(C)C. The number of carbonyl (C=O) groups excluding carboxylic acids is 1. The molecule has 0 N–H and O–H groups in total. The number of rotatable bonds is 4. The first-order valence-corrected chi connectivity index (χ1v) is 4.68. The predicted octanol–water partition coefficient (Wildman–Crippen LogP) is 1.53. The van der Waals surface area contributed by atoms with E-state index in [1.54, 1.807) is 4.90 Å². The highest BCUT2D eigenvalue weighted by molar-refractivity contribution is 5.77. The van der Waals surface area contributed by atoms with E-state index < -0.39 is 0 Å². The van der Waals surface area contributed by atoms with E-state index in [1.165, 1.54) is 0 Å². The van der Waals surface area contributed by atoms with Crippen LogP contribution in [0.2, 0.25) is 0 Å². The van der Waals surface area contributed by atoms with Gasteiger partial charge in [0.1, 0.15) is 6.61 Å². The van der Waals surface area contributed by atoms with Crippen molar-refractivity contribution in [2.75, 3.05) is 26.8 Å². The van der Waals surface area contributed by atoms with E-state index in [1.807, 2.05) is 14.0 Å². The van der Waals surface area contributed by atoms with Crippen molar-refractivity contribution in [3.63, 3.8) is 0 Å². The molecule has 78 valence electrons. The summed E-state index contributed by atoms with van der Waals surface area (Å²) in [5.41, 5.74) is 0.149. The topological polar surface area (TPSA) is 29.5 Å². The molecular weight excluding hydrogens is 166 g/mol. The molecule has 0 aromatic rings. The summed E-state index contributed by atoms with van der Waals surface area (Å²) in [6.45, 7) is 9.76. The van der Waals surface area contributed by atoms with Gasteiger partial charge in [-0.2, -0.15) is 0 Å². The molecule has 0 aromatic carbocycles. The zero-order valence-electron chi connectivity index (χ0n) is 9.39. The highest BCUT2D eigenvalue weighted by atomic mass is 16.5. The van der Waals surface area contributed by atoms with E-state index in [0.717, 1.165) is 6.54 Å². The van der Waals surface area contributed by atoms with Crippen LogP contribution in [-0.2, 0) is 9.53 Å². The largest absolute Gasteiger partial charge is 0.372 e. The van der Waals surface area contributed by atoms with Crippen molar-refractivity contribution >= 4 is 5.91 Å². The van der Waals surface area contributed by atoms with Crippen LogP contribution in [0.1, 0.15) is 27.7 Å². The number of hydrogen-bond donors (Lipinski definition) is 0. The Labute approximate surface area is 81.1 Å².